The van der Waals surface area contributed by atoms with Crippen molar-refractivity contribution in [2.45, 2.75) is 209 Å². The standard InChI is InChI=1S/C68H88.2HO2P/c1-61(2,3)41-29-33-47(51(37-41)65(13,14)15)57-55-45-27-25-26-28-46(45)56(55)58(48-34-30-42(62(4,5)6)38-52(48)66(16,17)18)60(50-36-32-44(64(10,11)12)40-54(50)68(22,23)24)59(57)49-35-31-43(63(7,8)9)39-53(49)67(19,20)21;2*1-3-2/h25-40H,1-24H3;2*3H/p+2. The molecule has 0 fully saturated rings. The highest BCUT2D eigenvalue weighted by Crippen LogP contribution is 2.56. The second kappa shape index (κ2) is 21.1. The highest BCUT2D eigenvalue weighted by molar-refractivity contribution is 7.16. The van der Waals surface area contributed by atoms with Gasteiger partial charge in [-0.25, -0.2) is 0 Å². The van der Waals surface area contributed by atoms with Crippen molar-refractivity contribution in [2.75, 3.05) is 0 Å². The summed E-state index contributed by atoms with van der Waals surface area (Å²) < 4.78 is 17.0. The van der Waals surface area contributed by atoms with Gasteiger partial charge in [-0.3, -0.25) is 0 Å². The van der Waals surface area contributed by atoms with Crippen LogP contribution in [0.3, 0.4) is 0 Å². The number of benzene rings is 6. The van der Waals surface area contributed by atoms with Crippen LogP contribution in [-0.2, 0) is 52.5 Å². The van der Waals surface area contributed by atoms with E-state index in [1.165, 1.54) is 110 Å². The molecule has 1 aliphatic carbocycles. The lowest BCUT2D eigenvalue weighted by Crippen LogP contribution is -2.21. The summed E-state index contributed by atoms with van der Waals surface area (Å²) in [5.74, 6) is 0. The van der Waals surface area contributed by atoms with E-state index in [2.05, 4.69) is 263 Å². The monoisotopic (exact) mass is 1030 g/mol. The van der Waals surface area contributed by atoms with Gasteiger partial charge in [0.1, 0.15) is 0 Å². The zero-order chi connectivity index (χ0) is 56.3. The van der Waals surface area contributed by atoms with Gasteiger partial charge in [0.05, 0.1) is 0 Å². The summed E-state index contributed by atoms with van der Waals surface area (Å²) in [6, 6.07) is 39.4. The first-order valence-electron chi connectivity index (χ1n) is 26.6. The molecule has 396 valence electrons. The van der Waals surface area contributed by atoms with Crippen molar-refractivity contribution in [1.29, 1.82) is 0 Å². The molecule has 0 aromatic heterocycles. The van der Waals surface area contributed by atoms with Crippen LogP contribution in [0.4, 0.5) is 0 Å². The molecule has 0 spiro atoms. The summed E-state index contributed by atoms with van der Waals surface area (Å²) in [5.41, 5.74) is 21.1. The maximum absolute atomic E-state index is 8.51. The van der Waals surface area contributed by atoms with Gasteiger partial charge in [-0.05, 0) is 162 Å². The molecule has 6 heteroatoms. The zero-order valence-corrected chi connectivity index (χ0v) is 51.9. The number of hydrogen-bond acceptors (Lipinski definition) is 2. The molecule has 0 saturated carbocycles. The molecule has 1 aliphatic rings. The topological polar surface area (TPSA) is 74.6 Å². The Morgan fingerprint density at radius 3 is 0.649 bits per heavy atom. The van der Waals surface area contributed by atoms with Crippen LogP contribution in [0.25, 0.3) is 44.5 Å². The first kappa shape index (κ1) is 60.3. The Kier molecular flexibility index (Phi) is 17.2. The number of hydrogen-bond donors (Lipinski definition) is 2. The third kappa shape index (κ3) is 12.5. The van der Waals surface area contributed by atoms with Gasteiger partial charge in [-0.2, -0.15) is 9.79 Å². The van der Waals surface area contributed by atoms with Gasteiger partial charge >= 0.3 is 17.4 Å². The third-order valence-corrected chi connectivity index (χ3v) is 14.8. The van der Waals surface area contributed by atoms with Gasteiger partial charge < -0.3 is 0 Å². The minimum atomic E-state index is -1.17. The molecule has 2 unspecified atom stereocenters. The Bertz CT molecular complexity index is 3060. The average molecular weight is 1040 g/mol. The van der Waals surface area contributed by atoms with Gasteiger partial charge in [0.15, 0.2) is 0 Å². The highest BCUT2D eigenvalue weighted by Gasteiger charge is 2.36. The summed E-state index contributed by atoms with van der Waals surface area (Å²) in [6.45, 7) is 57.4. The minimum Gasteiger partial charge on any atom is -0.162 e. The van der Waals surface area contributed by atoms with E-state index in [-0.39, 0.29) is 43.3 Å². The number of fused-ring (bicyclic) bond motifs is 2. The third-order valence-electron chi connectivity index (χ3n) is 14.8. The Morgan fingerprint density at radius 1 is 0.284 bits per heavy atom. The van der Waals surface area contributed by atoms with Crippen molar-refractivity contribution in [3.8, 4) is 44.5 Å². The molecular formula is C68H92O4P2+2. The molecule has 4 nitrogen and oxygen atoms in total. The van der Waals surface area contributed by atoms with Gasteiger partial charge in [0, 0.05) is 0 Å². The zero-order valence-electron chi connectivity index (χ0n) is 49.9. The lowest BCUT2D eigenvalue weighted by molar-refractivity contribution is 0.523. The summed E-state index contributed by atoms with van der Waals surface area (Å²) in [4.78, 5) is 14.1. The molecular weight excluding hydrogens is 943 g/mol. The van der Waals surface area contributed by atoms with Crippen LogP contribution < -0.4 is 0 Å². The molecule has 7 rings (SSSR count). The van der Waals surface area contributed by atoms with Crippen LogP contribution in [-0.4, -0.2) is 9.79 Å². The van der Waals surface area contributed by atoms with Crippen LogP contribution in [0.1, 0.15) is 211 Å². The van der Waals surface area contributed by atoms with E-state index in [4.69, 9.17) is 18.9 Å². The van der Waals surface area contributed by atoms with E-state index in [9.17, 15) is 0 Å². The van der Waals surface area contributed by atoms with E-state index < -0.39 is 17.4 Å². The molecule has 6 aromatic carbocycles. The van der Waals surface area contributed by atoms with Crippen LogP contribution in [0, 0.1) is 20.9 Å². The minimum absolute atomic E-state index is 0.00475. The molecule has 0 aliphatic heterocycles. The van der Waals surface area contributed by atoms with Crippen LogP contribution in [0.2, 0.25) is 0 Å². The summed E-state index contributed by atoms with van der Waals surface area (Å²) in [5, 5.41) is 5.45. The molecule has 74 heavy (non-hydrogen) atoms. The van der Waals surface area contributed by atoms with Crippen molar-refractivity contribution >= 4 is 17.4 Å². The molecule has 6 aromatic rings. The van der Waals surface area contributed by atoms with Crippen molar-refractivity contribution in [1.82, 2.24) is 0 Å². The molecule has 0 bridgehead atoms. The Hall–Kier alpha value is -4.56. The van der Waals surface area contributed by atoms with Gasteiger partial charge in [0.2, 0.25) is 0 Å². The van der Waals surface area contributed by atoms with Crippen LogP contribution in [0.5, 0.6) is 0 Å². The first-order valence-corrected chi connectivity index (χ1v) is 28.3. The fraction of sp³-hybridized carbons (Fsp3) is 0.471. The smallest absolute Gasteiger partial charge is 0.162 e. The summed E-state index contributed by atoms with van der Waals surface area (Å²) >= 11 is 0. The molecule has 0 amide bonds. The predicted octanol–water partition coefficient (Wildman–Crippen LogP) is 19.5. The largest absolute Gasteiger partial charge is 0.491 e. The normalized spacial score (nSPS) is 13.3. The molecule has 0 saturated heterocycles. The Balaban J connectivity index is 0.00000161. The van der Waals surface area contributed by atoms with E-state index in [1.54, 1.807) is 0 Å². The van der Waals surface area contributed by atoms with E-state index in [1.807, 2.05) is 0 Å². The SMILES string of the molecule is CC(C)(C)c1ccc(-c2c(-c3ccc(C(C)(C)C)cc3C(C)(C)C)c(-c3ccc(C(C)(C)C)cc3C(C)(C)C)c3c(c2-c2ccc(C(C)(C)C)cc2C(C)(C)C)=c2ccccc2=3)c(C(C)(C)C)c1.O=[PH+]O.O=[PH+]O. The Morgan fingerprint density at radius 2 is 0.473 bits per heavy atom. The average Bonchev–Trinajstić information content (AvgIpc) is 3.24. The number of rotatable bonds is 4. The van der Waals surface area contributed by atoms with Crippen molar-refractivity contribution in [3.05, 3.63) is 162 Å². The van der Waals surface area contributed by atoms with Gasteiger partial charge in [-0.15, -0.1) is 0 Å². The Labute approximate surface area is 450 Å². The maximum Gasteiger partial charge on any atom is 0.491 e. The van der Waals surface area contributed by atoms with Crippen LogP contribution in [0.15, 0.2) is 97.1 Å². The maximum atomic E-state index is 8.51. The van der Waals surface area contributed by atoms with Crippen molar-refractivity contribution in [2.24, 2.45) is 0 Å². The highest BCUT2D eigenvalue weighted by atomic mass is 31.1. The fourth-order valence-corrected chi connectivity index (χ4v) is 10.6. The molecule has 0 radical (unpaired) electrons. The lowest BCUT2D eigenvalue weighted by atomic mass is 9.68. The molecule has 2 atom stereocenters. The predicted molar refractivity (Wildman–Crippen MR) is 322 cm³/mol. The molecule has 0 heterocycles. The summed E-state index contributed by atoms with van der Waals surface area (Å²) in [7, 11) is -2.33. The molecule has 2 N–H and O–H groups in total. The second-order valence-electron chi connectivity index (χ2n) is 29.0. The van der Waals surface area contributed by atoms with Gasteiger partial charge in [0.25, 0.3) is 0 Å². The summed E-state index contributed by atoms with van der Waals surface area (Å²) in [6.07, 6.45) is 0. The quantitative estimate of drug-likeness (QED) is 0.172. The van der Waals surface area contributed by atoms with Crippen molar-refractivity contribution in [3.63, 3.8) is 0 Å². The van der Waals surface area contributed by atoms with Gasteiger partial charge in [-0.1, -0.05) is 263 Å². The van der Waals surface area contributed by atoms with E-state index in [0.29, 0.717) is 0 Å². The van der Waals surface area contributed by atoms with Crippen molar-refractivity contribution < 1.29 is 18.9 Å². The van der Waals surface area contributed by atoms with E-state index in [0.717, 1.165) is 0 Å². The lowest BCUT2D eigenvalue weighted by Gasteiger charge is -2.35. The van der Waals surface area contributed by atoms with E-state index >= 15 is 0 Å². The van der Waals surface area contributed by atoms with Crippen LogP contribution >= 0.6 is 17.4 Å². The fourth-order valence-electron chi connectivity index (χ4n) is 10.6. The first-order chi connectivity index (χ1) is 33.7. The second-order valence-corrected chi connectivity index (χ2v) is 29.4.